The van der Waals surface area contributed by atoms with Gasteiger partial charge in [0.15, 0.2) is 4.32 Å². The summed E-state index contributed by atoms with van der Waals surface area (Å²) >= 11 is 6.57. The van der Waals surface area contributed by atoms with Crippen LogP contribution >= 0.6 is 24.0 Å². The molecule has 1 aliphatic heterocycles. The smallest absolute Gasteiger partial charge is 0.337 e. The molecule has 0 radical (unpaired) electrons. The lowest BCUT2D eigenvalue weighted by Gasteiger charge is -2.15. The van der Waals surface area contributed by atoms with Gasteiger partial charge in [0.1, 0.15) is 0 Å². The number of anilines is 2. The third-order valence-electron chi connectivity index (χ3n) is 3.87. The number of rotatable bonds is 4. The highest BCUT2D eigenvalue weighted by Gasteiger charge is 2.33. The van der Waals surface area contributed by atoms with Crippen LogP contribution in [0.15, 0.2) is 53.4 Å². The molecule has 1 fully saturated rings. The van der Waals surface area contributed by atoms with Crippen molar-refractivity contribution in [3.63, 3.8) is 0 Å². The Kier molecular flexibility index (Phi) is 5.91. The largest absolute Gasteiger partial charge is 0.465 e. The summed E-state index contributed by atoms with van der Waals surface area (Å²) in [4.78, 5) is 37.4. The predicted octanol–water partition coefficient (Wildman–Crippen LogP) is 3.84. The van der Waals surface area contributed by atoms with Crippen molar-refractivity contribution in [3.8, 4) is 0 Å². The van der Waals surface area contributed by atoms with E-state index in [-0.39, 0.29) is 11.8 Å². The number of hydrogen-bond donors (Lipinski definition) is 1. The maximum Gasteiger partial charge on any atom is 0.337 e. The molecule has 6 nitrogen and oxygen atoms in total. The molecule has 0 spiro atoms. The lowest BCUT2D eigenvalue weighted by molar-refractivity contribution is -0.114. The second-order valence-corrected chi connectivity index (χ2v) is 7.53. The summed E-state index contributed by atoms with van der Waals surface area (Å²) in [5.41, 5.74) is 2.48. The summed E-state index contributed by atoms with van der Waals surface area (Å²) in [5.74, 6) is -0.806. The topological polar surface area (TPSA) is 75.7 Å². The average molecular weight is 412 g/mol. The molecule has 0 aromatic heterocycles. The molecule has 0 bridgehead atoms. The summed E-state index contributed by atoms with van der Waals surface area (Å²) in [6.07, 6.45) is 1.73. The summed E-state index contributed by atoms with van der Waals surface area (Å²) in [5, 5.41) is 2.68. The third-order valence-corrected chi connectivity index (χ3v) is 5.17. The summed E-state index contributed by atoms with van der Waals surface area (Å²) in [6.45, 7) is 1.43. The Balaban J connectivity index is 1.80. The number of nitrogens with zero attached hydrogens (tertiary/aromatic N) is 1. The van der Waals surface area contributed by atoms with Crippen LogP contribution in [-0.4, -0.2) is 29.2 Å². The fourth-order valence-electron chi connectivity index (χ4n) is 2.57. The van der Waals surface area contributed by atoms with Crippen LogP contribution in [0.5, 0.6) is 0 Å². The number of thiocarbonyl (C=S) groups is 1. The molecule has 8 heteroatoms. The first-order chi connectivity index (χ1) is 13.4. The first kappa shape index (κ1) is 19.8. The van der Waals surface area contributed by atoms with Gasteiger partial charge in [-0.25, -0.2) is 4.79 Å². The van der Waals surface area contributed by atoms with E-state index in [1.807, 2.05) is 0 Å². The Morgan fingerprint density at radius 3 is 2.32 bits per heavy atom. The number of hydrogen-bond acceptors (Lipinski definition) is 6. The van der Waals surface area contributed by atoms with E-state index in [4.69, 9.17) is 12.2 Å². The minimum absolute atomic E-state index is 0.167. The fourth-order valence-corrected chi connectivity index (χ4v) is 3.87. The summed E-state index contributed by atoms with van der Waals surface area (Å²) in [7, 11) is 1.32. The second kappa shape index (κ2) is 8.37. The Hall–Kier alpha value is -2.97. The van der Waals surface area contributed by atoms with Gasteiger partial charge >= 0.3 is 5.97 Å². The molecule has 1 aliphatic rings. The van der Waals surface area contributed by atoms with E-state index in [0.29, 0.717) is 26.2 Å². The monoisotopic (exact) mass is 412 g/mol. The number of ether oxygens (including phenoxy) is 1. The number of benzene rings is 2. The minimum atomic E-state index is -0.416. The maximum atomic E-state index is 12.8. The molecule has 1 N–H and O–H groups in total. The van der Waals surface area contributed by atoms with Gasteiger partial charge in [-0.3, -0.25) is 14.5 Å². The van der Waals surface area contributed by atoms with Gasteiger partial charge in [-0.1, -0.05) is 36.1 Å². The van der Waals surface area contributed by atoms with E-state index in [9.17, 15) is 14.4 Å². The number of carbonyl (C=O) groups is 3. The van der Waals surface area contributed by atoms with Gasteiger partial charge in [0.2, 0.25) is 5.91 Å². The van der Waals surface area contributed by atoms with Crippen LogP contribution < -0.4 is 10.2 Å². The SMILES string of the molecule is COC(=O)c1ccc(C=C2SC(=S)N(c3ccc(NC(C)=O)cc3)C2=O)cc1. The van der Waals surface area contributed by atoms with Crippen molar-refractivity contribution in [2.24, 2.45) is 0 Å². The normalized spacial score (nSPS) is 15.1. The molecule has 0 unspecified atom stereocenters. The van der Waals surface area contributed by atoms with E-state index < -0.39 is 5.97 Å². The maximum absolute atomic E-state index is 12.8. The van der Waals surface area contributed by atoms with Crippen LogP contribution in [0.3, 0.4) is 0 Å². The molecule has 0 saturated carbocycles. The van der Waals surface area contributed by atoms with E-state index in [1.165, 1.54) is 30.7 Å². The van der Waals surface area contributed by atoms with Crippen LogP contribution in [0, 0.1) is 0 Å². The van der Waals surface area contributed by atoms with E-state index >= 15 is 0 Å². The highest BCUT2D eigenvalue weighted by molar-refractivity contribution is 8.27. The van der Waals surface area contributed by atoms with Gasteiger partial charge in [-0.2, -0.15) is 0 Å². The standard InChI is InChI=1S/C20H16N2O4S2/c1-12(23)21-15-7-9-16(10-8-15)22-18(24)17(28-20(22)27)11-13-3-5-14(6-4-13)19(25)26-2/h3-11H,1-2H3,(H,21,23). The zero-order valence-corrected chi connectivity index (χ0v) is 16.7. The molecular formula is C20H16N2O4S2. The zero-order chi connectivity index (χ0) is 20.3. The van der Waals surface area contributed by atoms with Crippen LogP contribution in [0.4, 0.5) is 11.4 Å². The molecule has 0 aliphatic carbocycles. The van der Waals surface area contributed by atoms with Gasteiger partial charge in [0.25, 0.3) is 5.91 Å². The highest BCUT2D eigenvalue weighted by Crippen LogP contribution is 2.36. The lowest BCUT2D eigenvalue weighted by atomic mass is 10.1. The lowest BCUT2D eigenvalue weighted by Crippen LogP contribution is -2.27. The van der Waals surface area contributed by atoms with E-state index in [2.05, 4.69) is 10.1 Å². The van der Waals surface area contributed by atoms with Crippen molar-refractivity contribution in [1.82, 2.24) is 0 Å². The zero-order valence-electron chi connectivity index (χ0n) is 15.1. The van der Waals surface area contributed by atoms with E-state index in [0.717, 1.165) is 5.56 Å². The number of carbonyl (C=O) groups excluding carboxylic acids is 3. The van der Waals surface area contributed by atoms with Gasteiger partial charge in [-0.15, -0.1) is 0 Å². The van der Waals surface area contributed by atoms with Crippen LogP contribution in [-0.2, 0) is 14.3 Å². The first-order valence-electron chi connectivity index (χ1n) is 8.23. The molecule has 142 valence electrons. The van der Waals surface area contributed by atoms with Crippen LogP contribution in [0.25, 0.3) is 6.08 Å². The second-order valence-electron chi connectivity index (χ2n) is 5.86. The predicted molar refractivity (Wildman–Crippen MR) is 114 cm³/mol. The van der Waals surface area contributed by atoms with Crippen molar-refractivity contribution in [3.05, 3.63) is 64.6 Å². The summed E-state index contributed by atoms with van der Waals surface area (Å²) in [6, 6.07) is 13.6. The molecule has 1 heterocycles. The summed E-state index contributed by atoms with van der Waals surface area (Å²) < 4.78 is 5.10. The van der Waals surface area contributed by atoms with Gasteiger partial charge in [0.05, 0.1) is 23.3 Å². The van der Waals surface area contributed by atoms with Crippen molar-refractivity contribution >= 4 is 63.5 Å². The first-order valence-corrected chi connectivity index (χ1v) is 9.45. The van der Waals surface area contributed by atoms with Crippen molar-refractivity contribution in [1.29, 1.82) is 0 Å². The Morgan fingerprint density at radius 1 is 1.11 bits per heavy atom. The number of methoxy groups -OCH3 is 1. The molecular weight excluding hydrogens is 396 g/mol. The van der Waals surface area contributed by atoms with Crippen molar-refractivity contribution in [2.45, 2.75) is 6.92 Å². The van der Waals surface area contributed by atoms with Gasteiger partial charge in [0, 0.05) is 12.6 Å². The van der Waals surface area contributed by atoms with Crippen molar-refractivity contribution < 1.29 is 19.1 Å². The molecule has 0 atom stereocenters. The Bertz CT molecular complexity index is 982. The average Bonchev–Trinajstić information content (AvgIpc) is 2.95. The molecule has 3 rings (SSSR count). The quantitative estimate of drug-likeness (QED) is 0.467. The number of amides is 2. The molecule has 1 saturated heterocycles. The van der Waals surface area contributed by atoms with Crippen LogP contribution in [0.2, 0.25) is 0 Å². The number of esters is 1. The fraction of sp³-hybridized carbons (Fsp3) is 0.100. The third kappa shape index (κ3) is 4.29. The van der Waals surface area contributed by atoms with E-state index in [1.54, 1.807) is 54.6 Å². The molecule has 28 heavy (non-hydrogen) atoms. The Morgan fingerprint density at radius 2 is 1.75 bits per heavy atom. The van der Waals surface area contributed by atoms with Crippen LogP contribution in [0.1, 0.15) is 22.8 Å². The molecule has 2 aromatic rings. The van der Waals surface area contributed by atoms with Gasteiger partial charge < -0.3 is 10.1 Å². The Labute approximate surface area is 171 Å². The highest BCUT2D eigenvalue weighted by atomic mass is 32.2. The van der Waals surface area contributed by atoms with Crippen molar-refractivity contribution in [2.75, 3.05) is 17.3 Å². The molecule has 2 aromatic carbocycles. The minimum Gasteiger partial charge on any atom is -0.465 e. The molecule has 2 amide bonds. The van der Waals surface area contributed by atoms with Gasteiger partial charge in [-0.05, 0) is 48.0 Å². The number of thioether (sulfide) groups is 1. The number of nitrogens with one attached hydrogen (secondary N) is 1.